The molecular formula is C24H21ClF7N7O4. The molecule has 0 bridgehead atoms. The number of aromatic nitrogens is 5. The van der Waals surface area contributed by atoms with Gasteiger partial charge in [-0.2, -0.15) is 26.3 Å². The second-order valence-electron chi connectivity index (χ2n) is 8.82. The molecular weight excluding hydrogens is 619 g/mol. The van der Waals surface area contributed by atoms with E-state index in [9.17, 15) is 30.7 Å². The molecule has 0 spiro atoms. The topological polar surface area (TPSA) is 157 Å². The van der Waals surface area contributed by atoms with Gasteiger partial charge in [-0.1, -0.05) is 11.6 Å². The Morgan fingerprint density at radius 3 is 2.28 bits per heavy atom. The van der Waals surface area contributed by atoms with Crippen molar-refractivity contribution in [3.8, 4) is 0 Å². The molecule has 4 aromatic rings. The van der Waals surface area contributed by atoms with E-state index in [0.29, 0.717) is 36.0 Å². The number of anilines is 2. The van der Waals surface area contributed by atoms with Crippen LogP contribution < -0.4 is 10.2 Å². The Morgan fingerprint density at radius 2 is 1.72 bits per heavy atom. The molecule has 0 aliphatic carbocycles. The molecule has 19 heteroatoms. The van der Waals surface area contributed by atoms with Gasteiger partial charge in [0.2, 0.25) is 0 Å². The quantitative estimate of drug-likeness (QED) is 0.209. The monoisotopic (exact) mass is 639 g/mol. The molecule has 0 radical (unpaired) electrons. The van der Waals surface area contributed by atoms with Gasteiger partial charge in [-0.3, -0.25) is 4.98 Å². The molecule has 1 fully saturated rings. The van der Waals surface area contributed by atoms with E-state index in [1.54, 1.807) is 12.5 Å². The molecule has 5 rings (SSSR count). The molecule has 1 saturated heterocycles. The molecule has 1 aliphatic rings. The predicted octanol–water partition coefficient (Wildman–Crippen LogP) is 5.54. The van der Waals surface area contributed by atoms with E-state index in [1.807, 2.05) is 25.1 Å². The minimum atomic E-state index is -5.08. The molecule has 0 saturated carbocycles. The van der Waals surface area contributed by atoms with Crippen LogP contribution in [0.3, 0.4) is 0 Å². The summed E-state index contributed by atoms with van der Waals surface area (Å²) in [6.45, 7) is 3.02. The Bertz CT molecular complexity index is 1580. The third-order valence-corrected chi connectivity index (χ3v) is 6.13. The Labute approximate surface area is 241 Å². The zero-order chi connectivity index (χ0) is 32.1. The lowest BCUT2D eigenvalue weighted by atomic mass is 10.0. The SMILES string of the molecule is CC(Nc1ncnc2nc[nH]c12)c1cc(Cl)c2cccnc2c1N1CC[C@H](F)C1.O=C(O)C(F)(F)F.O=C(O)C(F)(F)F. The van der Waals surface area contributed by atoms with Crippen LogP contribution in [0.5, 0.6) is 0 Å². The molecule has 11 nitrogen and oxygen atoms in total. The van der Waals surface area contributed by atoms with E-state index < -0.39 is 30.5 Å². The number of fused-ring (bicyclic) bond motifs is 2. The van der Waals surface area contributed by atoms with Crippen molar-refractivity contribution in [1.82, 2.24) is 24.9 Å². The smallest absolute Gasteiger partial charge is 0.475 e. The largest absolute Gasteiger partial charge is 0.490 e. The average molecular weight is 640 g/mol. The van der Waals surface area contributed by atoms with Crippen LogP contribution in [0, 0.1) is 0 Å². The van der Waals surface area contributed by atoms with Crippen molar-refractivity contribution in [2.45, 2.75) is 37.9 Å². The summed E-state index contributed by atoms with van der Waals surface area (Å²) in [5, 5.41) is 19.2. The van der Waals surface area contributed by atoms with Gasteiger partial charge in [0.1, 0.15) is 18.0 Å². The van der Waals surface area contributed by atoms with Crippen molar-refractivity contribution >= 4 is 57.1 Å². The summed E-state index contributed by atoms with van der Waals surface area (Å²) in [4.78, 5) is 40.2. The third-order valence-electron chi connectivity index (χ3n) is 5.82. The summed E-state index contributed by atoms with van der Waals surface area (Å²) in [5.41, 5.74) is 3.97. The highest BCUT2D eigenvalue weighted by Crippen LogP contribution is 2.40. The fraction of sp³-hybridized carbons (Fsp3) is 0.333. The predicted molar refractivity (Wildman–Crippen MR) is 140 cm³/mol. The molecule has 43 heavy (non-hydrogen) atoms. The summed E-state index contributed by atoms with van der Waals surface area (Å²) >= 11 is 6.59. The number of aliphatic carboxylic acids is 2. The van der Waals surface area contributed by atoms with Gasteiger partial charge in [0.25, 0.3) is 0 Å². The summed E-state index contributed by atoms with van der Waals surface area (Å²) < 4.78 is 77.5. The highest BCUT2D eigenvalue weighted by atomic mass is 35.5. The van der Waals surface area contributed by atoms with Crippen LogP contribution in [0.2, 0.25) is 5.02 Å². The molecule has 0 amide bonds. The molecule has 232 valence electrons. The first kappa shape index (κ1) is 33.0. The van der Waals surface area contributed by atoms with E-state index in [-0.39, 0.29) is 6.04 Å². The fourth-order valence-corrected chi connectivity index (χ4v) is 4.22. The van der Waals surface area contributed by atoms with Crippen LogP contribution in [0.15, 0.2) is 37.1 Å². The van der Waals surface area contributed by atoms with Crippen LogP contribution in [-0.4, -0.2) is 78.7 Å². The van der Waals surface area contributed by atoms with E-state index in [1.165, 1.54) is 6.33 Å². The van der Waals surface area contributed by atoms with E-state index in [4.69, 9.17) is 31.4 Å². The average Bonchev–Trinajstić information content (AvgIpc) is 3.58. The van der Waals surface area contributed by atoms with Gasteiger partial charge in [-0.25, -0.2) is 28.9 Å². The number of pyridine rings is 1. The molecule has 4 heterocycles. The Morgan fingerprint density at radius 1 is 1.09 bits per heavy atom. The minimum absolute atomic E-state index is 0.158. The number of benzene rings is 1. The Kier molecular flexibility index (Phi) is 10.2. The summed E-state index contributed by atoms with van der Waals surface area (Å²) in [6, 6.07) is 5.58. The number of alkyl halides is 7. The molecule has 1 aromatic carbocycles. The molecule has 1 unspecified atom stereocenters. The zero-order valence-corrected chi connectivity index (χ0v) is 22.5. The highest BCUT2D eigenvalue weighted by molar-refractivity contribution is 6.36. The van der Waals surface area contributed by atoms with Crippen molar-refractivity contribution in [2.24, 2.45) is 0 Å². The lowest BCUT2D eigenvalue weighted by Gasteiger charge is -2.27. The first-order valence-corrected chi connectivity index (χ1v) is 12.4. The maximum Gasteiger partial charge on any atom is 0.490 e. The normalized spacial score (nSPS) is 15.7. The van der Waals surface area contributed by atoms with Crippen LogP contribution in [0.1, 0.15) is 24.9 Å². The summed E-state index contributed by atoms with van der Waals surface area (Å²) in [5.74, 6) is -4.87. The Balaban J connectivity index is 0.000000303. The van der Waals surface area contributed by atoms with Gasteiger partial charge in [0, 0.05) is 30.2 Å². The van der Waals surface area contributed by atoms with Gasteiger partial charge in [0.15, 0.2) is 11.5 Å². The van der Waals surface area contributed by atoms with Gasteiger partial charge in [-0.15, -0.1) is 0 Å². The maximum absolute atomic E-state index is 14.0. The number of carboxylic acid groups (broad SMARTS) is 2. The zero-order valence-electron chi connectivity index (χ0n) is 21.7. The highest BCUT2D eigenvalue weighted by Gasteiger charge is 2.39. The number of hydrogen-bond donors (Lipinski definition) is 4. The standard InChI is InChI=1S/C20H19ClFN7.2C2HF3O2/c1-11(28-20-17-19(25-9-24-17)26-10-27-20)14-7-15(21)13-3-2-5-23-16(13)18(14)29-6-4-12(22)8-29;2*3-2(4,5)1(6)7/h2-3,5,7,9-12H,4,6,8H2,1H3,(H2,24,25,26,27,28);2*(H,6,7)/t11?,12-;;/m0../s1. The fourth-order valence-electron chi connectivity index (χ4n) is 3.95. The van der Waals surface area contributed by atoms with Crippen molar-refractivity contribution < 1.29 is 50.5 Å². The van der Waals surface area contributed by atoms with Crippen molar-refractivity contribution in [3.05, 3.63) is 47.6 Å². The molecule has 4 N–H and O–H groups in total. The number of nitrogens with zero attached hydrogens (tertiary/aromatic N) is 5. The Hall–Kier alpha value is -4.48. The van der Waals surface area contributed by atoms with Crippen LogP contribution in [-0.2, 0) is 9.59 Å². The van der Waals surface area contributed by atoms with Crippen LogP contribution >= 0.6 is 11.6 Å². The van der Waals surface area contributed by atoms with E-state index in [0.717, 1.165) is 27.7 Å². The second-order valence-corrected chi connectivity index (χ2v) is 9.23. The third kappa shape index (κ3) is 8.30. The second kappa shape index (κ2) is 13.2. The van der Waals surface area contributed by atoms with Crippen molar-refractivity contribution in [1.29, 1.82) is 0 Å². The molecule has 1 aliphatic heterocycles. The first-order valence-electron chi connectivity index (χ1n) is 12.0. The van der Waals surface area contributed by atoms with Crippen LogP contribution in [0.4, 0.5) is 42.2 Å². The number of rotatable bonds is 4. The number of aromatic amines is 1. The van der Waals surface area contributed by atoms with Crippen LogP contribution in [0.25, 0.3) is 22.1 Å². The first-order chi connectivity index (χ1) is 20.0. The minimum Gasteiger partial charge on any atom is -0.475 e. The molecule has 3 aromatic heterocycles. The number of halogens is 8. The number of carbonyl (C=O) groups is 2. The van der Waals surface area contributed by atoms with Gasteiger partial charge in [0.05, 0.1) is 28.6 Å². The number of nitrogens with one attached hydrogen (secondary N) is 2. The molecule has 2 atom stereocenters. The summed E-state index contributed by atoms with van der Waals surface area (Å²) in [7, 11) is 0. The maximum atomic E-state index is 14.0. The number of H-pyrrole nitrogens is 1. The van der Waals surface area contributed by atoms with Gasteiger partial charge >= 0.3 is 24.3 Å². The van der Waals surface area contributed by atoms with E-state index >= 15 is 0 Å². The lowest BCUT2D eigenvalue weighted by Crippen LogP contribution is -2.24. The van der Waals surface area contributed by atoms with Gasteiger partial charge < -0.3 is 25.4 Å². The van der Waals surface area contributed by atoms with E-state index in [2.05, 4.69) is 35.1 Å². The number of carboxylic acids is 2. The van der Waals surface area contributed by atoms with Gasteiger partial charge in [-0.05, 0) is 31.5 Å². The van der Waals surface area contributed by atoms with Crippen molar-refractivity contribution in [2.75, 3.05) is 23.3 Å². The lowest BCUT2D eigenvalue weighted by molar-refractivity contribution is -0.193. The number of imidazole rings is 1. The number of hydrogen-bond acceptors (Lipinski definition) is 8. The van der Waals surface area contributed by atoms with Crippen molar-refractivity contribution in [3.63, 3.8) is 0 Å². The summed E-state index contributed by atoms with van der Waals surface area (Å²) in [6.07, 6.45) is -5.69.